The number of benzene rings is 1. The van der Waals surface area contributed by atoms with Crippen molar-refractivity contribution in [2.75, 3.05) is 18.4 Å². The predicted octanol–water partition coefficient (Wildman–Crippen LogP) is 2.82. The van der Waals surface area contributed by atoms with E-state index >= 15 is 0 Å². The molecular formula is C14H17F3N2O. The maximum Gasteiger partial charge on any atom is 0.230 e. The van der Waals surface area contributed by atoms with E-state index in [1.807, 2.05) is 6.92 Å². The van der Waals surface area contributed by atoms with Crippen LogP contribution in [-0.2, 0) is 4.79 Å². The number of piperidine rings is 1. The fourth-order valence-corrected chi connectivity index (χ4v) is 2.55. The van der Waals surface area contributed by atoms with Crippen molar-refractivity contribution in [1.29, 1.82) is 0 Å². The Hall–Kier alpha value is -1.56. The molecule has 2 rings (SSSR count). The summed E-state index contributed by atoms with van der Waals surface area (Å²) in [5.74, 6) is -3.62. The van der Waals surface area contributed by atoms with Gasteiger partial charge >= 0.3 is 0 Å². The second-order valence-electron chi connectivity index (χ2n) is 5.08. The molecule has 0 atom stereocenters. The van der Waals surface area contributed by atoms with Crippen molar-refractivity contribution >= 4 is 11.6 Å². The van der Waals surface area contributed by atoms with E-state index in [9.17, 15) is 18.0 Å². The molecule has 1 amide bonds. The van der Waals surface area contributed by atoms with Gasteiger partial charge in [0.05, 0.1) is 5.41 Å². The zero-order valence-electron chi connectivity index (χ0n) is 11.2. The van der Waals surface area contributed by atoms with Gasteiger partial charge in [-0.3, -0.25) is 4.79 Å². The summed E-state index contributed by atoms with van der Waals surface area (Å²) in [5, 5.41) is 5.43. The number of amides is 1. The number of hydrogen-bond donors (Lipinski definition) is 2. The maximum absolute atomic E-state index is 13.6. The molecule has 0 aromatic heterocycles. The lowest BCUT2D eigenvalue weighted by Crippen LogP contribution is -2.44. The third-order valence-corrected chi connectivity index (χ3v) is 3.96. The van der Waals surface area contributed by atoms with Gasteiger partial charge in [0.15, 0.2) is 11.6 Å². The molecule has 0 spiro atoms. The first-order chi connectivity index (χ1) is 9.48. The first-order valence-corrected chi connectivity index (χ1v) is 6.65. The van der Waals surface area contributed by atoms with Crippen LogP contribution in [0.5, 0.6) is 0 Å². The molecule has 1 aliphatic heterocycles. The third-order valence-electron chi connectivity index (χ3n) is 3.96. The van der Waals surface area contributed by atoms with E-state index in [2.05, 4.69) is 10.6 Å². The molecule has 6 heteroatoms. The molecule has 0 unspecified atom stereocenters. The number of nitrogens with one attached hydrogen (secondary N) is 2. The Balaban J connectivity index is 2.23. The lowest BCUT2D eigenvalue weighted by atomic mass is 9.76. The molecule has 0 aliphatic carbocycles. The molecule has 1 heterocycles. The van der Waals surface area contributed by atoms with E-state index in [-0.39, 0.29) is 0 Å². The second-order valence-corrected chi connectivity index (χ2v) is 5.08. The summed E-state index contributed by atoms with van der Waals surface area (Å²) < 4.78 is 40.0. The first kappa shape index (κ1) is 14.8. The van der Waals surface area contributed by atoms with Crippen LogP contribution in [0.1, 0.15) is 26.2 Å². The first-order valence-electron chi connectivity index (χ1n) is 6.65. The maximum atomic E-state index is 13.6. The van der Waals surface area contributed by atoms with E-state index in [0.717, 1.165) is 0 Å². The van der Waals surface area contributed by atoms with Crippen molar-refractivity contribution in [3.8, 4) is 0 Å². The molecule has 1 saturated heterocycles. The van der Waals surface area contributed by atoms with Crippen molar-refractivity contribution < 1.29 is 18.0 Å². The zero-order chi connectivity index (χ0) is 14.8. The highest BCUT2D eigenvalue weighted by molar-refractivity contribution is 5.95. The zero-order valence-corrected chi connectivity index (χ0v) is 11.2. The monoisotopic (exact) mass is 286 g/mol. The van der Waals surface area contributed by atoms with Gasteiger partial charge in [-0.1, -0.05) is 6.92 Å². The van der Waals surface area contributed by atoms with Crippen LogP contribution in [0.3, 0.4) is 0 Å². The van der Waals surface area contributed by atoms with Crippen molar-refractivity contribution in [3.63, 3.8) is 0 Å². The van der Waals surface area contributed by atoms with Crippen LogP contribution in [0, 0.1) is 22.9 Å². The topological polar surface area (TPSA) is 41.1 Å². The summed E-state index contributed by atoms with van der Waals surface area (Å²) in [6.45, 7) is 3.26. The highest BCUT2D eigenvalue weighted by atomic mass is 19.1. The largest absolute Gasteiger partial charge is 0.321 e. The summed E-state index contributed by atoms with van der Waals surface area (Å²) in [7, 11) is 0. The van der Waals surface area contributed by atoms with Gasteiger partial charge in [-0.15, -0.1) is 0 Å². The molecule has 1 fully saturated rings. The summed E-state index contributed by atoms with van der Waals surface area (Å²) >= 11 is 0. The molecule has 1 aromatic rings. The molecule has 1 aliphatic rings. The minimum Gasteiger partial charge on any atom is -0.321 e. The average molecular weight is 286 g/mol. The Morgan fingerprint density at radius 3 is 2.30 bits per heavy atom. The molecule has 0 bridgehead atoms. The fourth-order valence-electron chi connectivity index (χ4n) is 2.55. The van der Waals surface area contributed by atoms with Crippen LogP contribution in [0.2, 0.25) is 0 Å². The van der Waals surface area contributed by atoms with Gasteiger partial charge in [0, 0.05) is 12.1 Å². The van der Waals surface area contributed by atoms with E-state index in [1.165, 1.54) is 0 Å². The Kier molecular flexibility index (Phi) is 4.32. The van der Waals surface area contributed by atoms with E-state index in [1.54, 1.807) is 0 Å². The summed E-state index contributed by atoms with van der Waals surface area (Å²) in [6, 6.07) is 1.11. The van der Waals surface area contributed by atoms with Crippen molar-refractivity contribution in [1.82, 2.24) is 5.32 Å². The molecule has 20 heavy (non-hydrogen) atoms. The number of halogens is 3. The van der Waals surface area contributed by atoms with Crippen molar-refractivity contribution in [2.45, 2.75) is 26.2 Å². The number of anilines is 1. The SMILES string of the molecule is CCC1(C(=O)Nc2c(F)cc(F)cc2F)CCNCC1. The second kappa shape index (κ2) is 5.83. The highest BCUT2D eigenvalue weighted by Gasteiger charge is 2.38. The summed E-state index contributed by atoms with van der Waals surface area (Å²) in [5.41, 5.74) is -1.21. The Morgan fingerprint density at radius 2 is 1.80 bits per heavy atom. The number of hydrogen-bond acceptors (Lipinski definition) is 2. The van der Waals surface area contributed by atoms with Crippen LogP contribution in [0.15, 0.2) is 12.1 Å². The van der Waals surface area contributed by atoms with Crippen LogP contribution < -0.4 is 10.6 Å². The predicted molar refractivity (Wildman–Crippen MR) is 69.8 cm³/mol. The minimum atomic E-state index is -1.10. The highest BCUT2D eigenvalue weighted by Crippen LogP contribution is 2.34. The van der Waals surface area contributed by atoms with Crippen molar-refractivity contribution in [2.24, 2.45) is 5.41 Å². The normalized spacial score (nSPS) is 17.8. The standard InChI is InChI=1S/C14H17F3N2O/c1-2-14(3-5-18-6-4-14)13(20)19-12-10(16)7-9(15)8-11(12)17/h7-8,18H,2-6H2,1H3,(H,19,20). The number of rotatable bonds is 3. The van der Waals surface area contributed by atoms with Crippen LogP contribution >= 0.6 is 0 Å². The molecule has 1 aromatic carbocycles. The lowest BCUT2D eigenvalue weighted by molar-refractivity contribution is -0.127. The molecule has 0 radical (unpaired) electrons. The molecule has 110 valence electrons. The van der Waals surface area contributed by atoms with Gasteiger partial charge in [0.2, 0.25) is 5.91 Å². The van der Waals surface area contributed by atoms with E-state index < -0.39 is 34.5 Å². The average Bonchev–Trinajstić information content (AvgIpc) is 2.43. The van der Waals surface area contributed by atoms with Gasteiger partial charge in [-0.2, -0.15) is 0 Å². The van der Waals surface area contributed by atoms with Crippen LogP contribution in [0.25, 0.3) is 0 Å². The van der Waals surface area contributed by atoms with Crippen LogP contribution in [-0.4, -0.2) is 19.0 Å². The van der Waals surface area contributed by atoms with E-state index in [4.69, 9.17) is 0 Å². The van der Waals surface area contributed by atoms with Gasteiger partial charge in [-0.05, 0) is 32.4 Å². The van der Waals surface area contributed by atoms with Gasteiger partial charge < -0.3 is 10.6 Å². The summed E-state index contributed by atoms with van der Waals surface area (Å²) in [6.07, 6.45) is 1.81. The third kappa shape index (κ3) is 2.80. The van der Waals surface area contributed by atoms with Gasteiger partial charge in [0.1, 0.15) is 11.5 Å². The minimum absolute atomic E-state index is 0.411. The molecule has 3 nitrogen and oxygen atoms in total. The van der Waals surface area contributed by atoms with Gasteiger partial charge in [0.25, 0.3) is 0 Å². The molecule has 2 N–H and O–H groups in total. The summed E-state index contributed by atoms with van der Waals surface area (Å²) in [4.78, 5) is 12.3. The van der Waals surface area contributed by atoms with Gasteiger partial charge in [-0.25, -0.2) is 13.2 Å². The Morgan fingerprint density at radius 1 is 1.25 bits per heavy atom. The number of carbonyl (C=O) groups is 1. The lowest BCUT2D eigenvalue weighted by Gasteiger charge is -2.35. The van der Waals surface area contributed by atoms with E-state index in [0.29, 0.717) is 44.5 Å². The fraction of sp³-hybridized carbons (Fsp3) is 0.500. The van der Waals surface area contributed by atoms with Crippen LogP contribution in [0.4, 0.5) is 18.9 Å². The Labute approximate surface area is 115 Å². The quantitative estimate of drug-likeness (QED) is 0.897. The molecule has 0 saturated carbocycles. The Bertz CT molecular complexity index is 490. The number of carbonyl (C=O) groups excluding carboxylic acids is 1. The van der Waals surface area contributed by atoms with Crippen molar-refractivity contribution in [3.05, 3.63) is 29.6 Å². The smallest absolute Gasteiger partial charge is 0.230 e. The molecular weight excluding hydrogens is 269 g/mol.